The number of nitrogen functional groups attached to an aromatic ring is 1. The molecule has 0 spiro atoms. The molecule has 3 N–H and O–H groups in total. The van der Waals surface area contributed by atoms with Crippen molar-refractivity contribution in [1.29, 1.82) is 0 Å². The Morgan fingerprint density at radius 1 is 1.14 bits per heavy atom. The molecule has 0 saturated heterocycles. The first-order valence-corrected chi connectivity index (χ1v) is 6.93. The van der Waals surface area contributed by atoms with Crippen LogP contribution in [0.3, 0.4) is 0 Å². The van der Waals surface area contributed by atoms with Crippen molar-refractivity contribution >= 4 is 17.3 Å². The van der Waals surface area contributed by atoms with Crippen LogP contribution >= 0.6 is 0 Å². The summed E-state index contributed by atoms with van der Waals surface area (Å²) in [7, 11) is 0. The molecule has 0 atom stereocenters. The fraction of sp³-hybridized carbons (Fsp3) is 0.312. The largest absolute Gasteiger partial charge is 0.399 e. The summed E-state index contributed by atoms with van der Waals surface area (Å²) in [6, 6.07) is 5.51. The number of nitrogens with zero attached hydrogens (tertiary/aromatic N) is 2. The highest BCUT2D eigenvalue weighted by atomic mass is 16.1. The minimum atomic E-state index is -0.169. The number of aryl methyl sites for hydroxylation is 4. The summed E-state index contributed by atoms with van der Waals surface area (Å²) in [5, 5.41) is 11.0. The molecule has 1 aromatic carbocycles. The third kappa shape index (κ3) is 3.18. The maximum absolute atomic E-state index is 12.5. The van der Waals surface area contributed by atoms with Crippen molar-refractivity contribution in [2.45, 2.75) is 34.1 Å². The molecule has 2 aromatic rings. The number of hydrogen-bond donors (Lipinski definition) is 2. The second kappa shape index (κ2) is 5.91. The van der Waals surface area contributed by atoms with Crippen LogP contribution in [0.15, 0.2) is 18.2 Å². The van der Waals surface area contributed by atoms with E-state index in [1.807, 2.05) is 39.8 Å². The lowest BCUT2D eigenvalue weighted by Gasteiger charge is -2.12. The molecule has 0 unspecified atom stereocenters. The van der Waals surface area contributed by atoms with Crippen molar-refractivity contribution in [3.8, 4) is 0 Å². The van der Waals surface area contributed by atoms with E-state index in [1.165, 1.54) is 0 Å². The molecule has 0 aliphatic rings. The number of anilines is 2. The lowest BCUT2D eigenvalue weighted by Crippen LogP contribution is -2.17. The van der Waals surface area contributed by atoms with Gasteiger partial charge in [0.2, 0.25) is 0 Å². The van der Waals surface area contributed by atoms with E-state index in [0.29, 0.717) is 17.7 Å². The molecule has 1 heterocycles. The van der Waals surface area contributed by atoms with Gasteiger partial charge in [-0.15, -0.1) is 0 Å². The molecule has 2 rings (SSSR count). The van der Waals surface area contributed by atoms with Crippen molar-refractivity contribution in [3.63, 3.8) is 0 Å². The second-order valence-corrected chi connectivity index (χ2v) is 5.18. The van der Waals surface area contributed by atoms with Crippen LogP contribution in [0.25, 0.3) is 0 Å². The van der Waals surface area contributed by atoms with Crippen LogP contribution in [-0.2, 0) is 6.42 Å². The number of carbonyl (C=O) groups excluding carboxylic acids is 1. The summed E-state index contributed by atoms with van der Waals surface area (Å²) in [6.45, 7) is 7.61. The average Bonchev–Trinajstić information content (AvgIpc) is 2.44. The summed E-state index contributed by atoms with van der Waals surface area (Å²) >= 11 is 0. The maximum atomic E-state index is 12.5. The van der Waals surface area contributed by atoms with Gasteiger partial charge >= 0.3 is 0 Å². The van der Waals surface area contributed by atoms with Gasteiger partial charge in [0.05, 0.1) is 17.0 Å². The van der Waals surface area contributed by atoms with Gasteiger partial charge in [0.15, 0.2) is 0 Å². The summed E-state index contributed by atoms with van der Waals surface area (Å²) in [5.74, 6) is -0.169. The SMILES string of the molecule is CCc1nnc(C)cc1C(=O)Nc1cc(C)c(N)cc1C. The highest BCUT2D eigenvalue weighted by Gasteiger charge is 2.14. The van der Waals surface area contributed by atoms with E-state index in [0.717, 1.165) is 28.2 Å². The number of rotatable bonds is 3. The number of benzene rings is 1. The van der Waals surface area contributed by atoms with E-state index in [-0.39, 0.29) is 5.91 Å². The van der Waals surface area contributed by atoms with Gasteiger partial charge in [0.1, 0.15) is 0 Å². The van der Waals surface area contributed by atoms with Crippen LogP contribution in [0.5, 0.6) is 0 Å². The van der Waals surface area contributed by atoms with Gasteiger partial charge in [-0.2, -0.15) is 10.2 Å². The van der Waals surface area contributed by atoms with Gasteiger partial charge in [-0.25, -0.2) is 0 Å². The molecule has 0 radical (unpaired) electrons. The zero-order chi connectivity index (χ0) is 15.6. The number of nitrogens with two attached hydrogens (primary N) is 1. The van der Waals surface area contributed by atoms with E-state index >= 15 is 0 Å². The van der Waals surface area contributed by atoms with Crippen LogP contribution in [-0.4, -0.2) is 16.1 Å². The molecule has 0 bridgehead atoms. The molecular weight excluding hydrogens is 264 g/mol. The topological polar surface area (TPSA) is 80.9 Å². The molecular formula is C16H20N4O. The Kier molecular flexibility index (Phi) is 4.21. The third-order valence-electron chi connectivity index (χ3n) is 3.43. The van der Waals surface area contributed by atoms with Gasteiger partial charge in [0, 0.05) is 11.4 Å². The Balaban J connectivity index is 2.34. The zero-order valence-electron chi connectivity index (χ0n) is 12.8. The third-order valence-corrected chi connectivity index (χ3v) is 3.43. The van der Waals surface area contributed by atoms with Gasteiger partial charge in [-0.05, 0) is 56.5 Å². The Morgan fingerprint density at radius 3 is 2.52 bits per heavy atom. The summed E-state index contributed by atoms with van der Waals surface area (Å²) in [6.07, 6.45) is 0.662. The quantitative estimate of drug-likeness (QED) is 0.849. The predicted octanol–water partition coefficient (Wildman–Crippen LogP) is 2.80. The number of nitrogens with one attached hydrogen (secondary N) is 1. The predicted molar refractivity (Wildman–Crippen MR) is 84.4 cm³/mol. The molecule has 110 valence electrons. The number of hydrogen-bond acceptors (Lipinski definition) is 4. The minimum absolute atomic E-state index is 0.169. The first-order chi connectivity index (χ1) is 9.92. The second-order valence-electron chi connectivity index (χ2n) is 5.18. The van der Waals surface area contributed by atoms with Crippen molar-refractivity contribution in [2.75, 3.05) is 11.1 Å². The van der Waals surface area contributed by atoms with Crippen LogP contribution < -0.4 is 11.1 Å². The van der Waals surface area contributed by atoms with Gasteiger partial charge in [0.25, 0.3) is 5.91 Å². The van der Waals surface area contributed by atoms with E-state index in [4.69, 9.17) is 5.73 Å². The number of amides is 1. The first kappa shape index (κ1) is 15.0. The summed E-state index contributed by atoms with van der Waals surface area (Å²) in [5.41, 5.74) is 11.2. The highest BCUT2D eigenvalue weighted by Crippen LogP contribution is 2.23. The van der Waals surface area contributed by atoms with E-state index in [1.54, 1.807) is 6.07 Å². The zero-order valence-corrected chi connectivity index (χ0v) is 12.8. The van der Waals surface area contributed by atoms with Crippen molar-refractivity contribution in [3.05, 3.63) is 46.3 Å². The van der Waals surface area contributed by atoms with Gasteiger partial charge < -0.3 is 11.1 Å². The van der Waals surface area contributed by atoms with Gasteiger partial charge in [-0.3, -0.25) is 4.79 Å². The molecule has 21 heavy (non-hydrogen) atoms. The molecule has 0 saturated carbocycles. The molecule has 5 nitrogen and oxygen atoms in total. The molecule has 0 aliphatic heterocycles. The summed E-state index contributed by atoms with van der Waals surface area (Å²) < 4.78 is 0. The number of carbonyl (C=O) groups is 1. The average molecular weight is 284 g/mol. The molecule has 0 aliphatic carbocycles. The lowest BCUT2D eigenvalue weighted by atomic mass is 10.1. The Hall–Kier alpha value is -2.43. The van der Waals surface area contributed by atoms with Crippen LogP contribution in [0.1, 0.15) is 39.8 Å². The monoisotopic (exact) mass is 284 g/mol. The maximum Gasteiger partial charge on any atom is 0.257 e. The van der Waals surface area contributed by atoms with Gasteiger partial charge in [-0.1, -0.05) is 6.92 Å². The smallest absolute Gasteiger partial charge is 0.257 e. The lowest BCUT2D eigenvalue weighted by molar-refractivity contribution is 0.102. The Labute approximate surface area is 124 Å². The molecule has 0 fully saturated rings. The van der Waals surface area contributed by atoms with Crippen LogP contribution in [0.2, 0.25) is 0 Å². The number of aromatic nitrogens is 2. The fourth-order valence-electron chi connectivity index (χ4n) is 2.13. The standard InChI is InChI=1S/C16H20N4O/c1-5-14-12(8-11(4)19-20-14)16(21)18-15-7-9(2)13(17)6-10(15)3/h6-8H,5,17H2,1-4H3,(H,18,21). The minimum Gasteiger partial charge on any atom is -0.399 e. The Bertz CT molecular complexity index is 695. The Morgan fingerprint density at radius 2 is 1.86 bits per heavy atom. The van der Waals surface area contributed by atoms with E-state index < -0.39 is 0 Å². The van der Waals surface area contributed by atoms with Crippen LogP contribution in [0.4, 0.5) is 11.4 Å². The van der Waals surface area contributed by atoms with Crippen molar-refractivity contribution in [2.24, 2.45) is 0 Å². The first-order valence-electron chi connectivity index (χ1n) is 6.93. The molecule has 5 heteroatoms. The molecule has 1 amide bonds. The van der Waals surface area contributed by atoms with Crippen molar-refractivity contribution in [1.82, 2.24) is 10.2 Å². The van der Waals surface area contributed by atoms with Crippen LogP contribution in [0, 0.1) is 20.8 Å². The highest BCUT2D eigenvalue weighted by molar-refractivity contribution is 6.05. The van der Waals surface area contributed by atoms with Crippen molar-refractivity contribution < 1.29 is 4.79 Å². The normalized spacial score (nSPS) is 10.5. The summed E-state index contributed by atoms with van der Waals surface area (Å²) in [4.78, 5) is 12.5. The van der Waals surface area contributed by atoms with E-state index in [2.05, 4.69) is 15.5 Å². The van der Waals surface area contributed by atoms with E-state index in [9.17, 15) is 4.79 Å². The fourth-order valence-corrected chi connectivity index (χ4v) is 2.13. The molecule has 1 aromatic heterocycles.